The molecule has 4 nitrogen and oxygen atoms in total. The van der Waals surface area contributed by atoms with Gasteiger partial charge in [0.25, 0.3) is 0 Å². The molecule has 0 heterocycles. The van der Waals surface area contributed by atoms with Crippen molar-refractivity contribution in [2.24, 2.45) is 0 Å². The zero-order valence-electron chi connectivity index (χ0n) is 9.61. The number of benzene rings is 1. The van der Waals surface area contributed by atoms with Crippen LogP contribution in [0.15, 0.2) is 28.7 Å². The van der Waals surface area contributed by atoms with E-state index in [1.165, 1.54) is 6.92 Å². The average Bonchev–Trinajstić information content (AvgIpc) is 2.27. The Morgan fingerprint density at radius 2 is 2.24 bits per heavy atom. The second-order valence-corrected chi connectivity index (χ2v) is 5.15. The van der Waals surface area contributed by atoms with Crippen LogP contribution < -0.4 is 5.32 Å². The van der Waals surface area contributed by atoms with E-state index in [9.17, 15) is 9.90 Å². The maximum Gasteiger partial charge on any atom is 0.224 e. The van der Waals surface area contributed by atoms with Crippen LogP contribution >= 0.6 is 15.9 Å². The molecule has 1 unspecified atom stereocenters. The molecule has 0 bridgehead atoms. The quantitative estimate of drug-likeness (QED) is 0.755. The Morgan fingerprint density at radius 1 is 1.53 bits per heavy atom. The standard InChI is InChI=1S/C12H16BrNO3/c1-12(17,8-15)7-14-11(16)6-9-3-2-4-10(13)5-9/h2-5,15,17H,6-8H2,1H3,(H,14,16). The summed E-state index contributed by atoms with van der Waals surface area (Å²) in [5, 5.41) is 20.9. The maximum atomic E-state index is 11.6. The normalized spacial score (nSPS) is 14.1. The highest BCUT2D eigenvalue weighted by Gasteiger charge is 2.19. The number of nitrogens with one attached hydrogen (secondary N) is 1. The van der Waals surface area contributed by atoms with Gasteiger partial charge in [0.05, 0.1) is 13.0 Å². The molecule has 5 heteroatoms. The lowest BCUT2D eigenvalue weighted by Gasteiger charge is -2.20. The van der Waals surface area contributed by atoms with Crippen molar-refractivity contribution in [3.05, 3.63) is 34.3 Å². The number of rotatable bonds is 5. The fourth-order valence-electron chi connectivity index (χ4n) is 1.24. The third kappa shape index (κ3) is 5.30. The average molecular weight is 302 g/mol. The number of carbonyl (C=O) groups excluding carboxylic acids is 1. The predicted octanol–water partition coefficient (Wildman–Crippen LogP) is 0.851. The van der Waals surface area contributed by atoms with Gasteiger partial charge < -0.3 is 15.5 Å². The molecule has 0 aliphatic carbocycles. The highest BCUT2D eigenvalue weighted by atomic mass is 79.9. The Bertz CT molecular complexity index is 393. The van der Waals surface area contributed by atoms with Gasteiger partial charge >= 0.3 is 0 Å². The molecule has 17 heavy (non-hydrogen) atoms. The van der Waals surface area contributed by atoms with E-state index < -0.39 is 5.60 Å². The van der Waals surface area contributed by atoms with Crippen LogP contribution in [0.4, 0.5) is 0 Å². The third-order valence-electron chi connectivity index (χ3n) is 2.26. The SMILES string of the molecule is CC(O)(CO)CNC(=O)Cc1cccc(Br)c1. The molecule has 0 aliphatic rings. The maximum absolute atomic E-state index is 11.6. The largest absolute Gasteiger partial charge is 0.393 e. The van der Waals surface area contributed by atoms with Crippen molar-refractivity contribution >= 4 is 21.8 Å². The summed E-state index contributed by atoms with van der Waals surface area (Å²) >= 11 is 3.33. The van der Waals surface area contributed by atoms with Crippen LogP contribution in [0.1, 0.15) is 12.5 Å². The zero-order chi connectivity index (χ0) is 12.9. The predicted molar refractivity (Wildman–Crippen MR) is 68.6 cm³/mol. The Kier molecular flexibility index (Phi) is 5.11. The van der Waals surface area contributed by atoms with E-state index in [1.807, 2.05) is 24.3 Å². The second kappa shape index (κ2) is 6.14. The fourth-order valence-corrected chi connectivity index (χ4v) is 1.69. The van der Waals surface area contributed by atoms with Crippen molar-refractivity contribution < 1.29 is 15.0 Å². The highest BCUT2D eigenvalue weighted by Crippen LogP contribution is 2.12. The Labute approximate surface area is 109 Å². The first kappa shape index (κ1) is 14.2. The molecule has 0 aromatic heterocycles. The minimum Gasteiger partial charge on any atom is -0.393 e. The van der Waals surface area contributed by atoms with Crippen LogP contribution in [0.25, 0.3) is 0 Å². The summed E-state index contributed by atoms with van der Waals surface area (Å²) in [6.45, 7) is 1.12. The summed E-state index contributed by atoms with van der Waals surface area (Å²) in [7, 11) is 0. The van der Waals surface area contributed by atoms with Crippen LogP contribution in [0.2, 0.25) is 0 Å². The molecule has 3 N–H and O–H groups in total. The van der Waals surface area contributed by atoms with Gasteiger partial charge in [0.1, 0.15) is 5.60 Å². The van der Waals surface area contributed by atoms with Crippen LogP contribution in [0, 0.1) is 0 Å². The number of aliphatic hydroxyl groups is 2. The Morgan fingerprint density at radius 3 is 2.82 bits per heavy atom. The summed E-state index contributed by atoms with van der Waals surface area (Å²) in [6, 6.07) is 7.47. The van der Waals surface area contributed by atoms with Gasteiger partial charge in [0, 0.05) is 11.0 Å². The van der Waals surface area contributed by atoms with Crippen LogP contribution in [-0.4, -0.2) is 34.9 Å². The van der Waals surface area contributed by atoms with Crippen molar-refractivity contribution in [3.63, 3.8) is 0 Å². The molecule has 0 fully saturated rings. The monoisotopic (exact) mass is 301 g/mol. The lowest BCUT2D eigenvalue weighted by atomic mass is 10.1. The van der Waals surface area contributed by atoms with E-state index in [2.05, 4.69) is 21.2 Å². The first-order valence-electron chi connectivity index (χ1n) is 5.27. The van der Waals surface area contributed by atoms with Gasteiger partial charge in [-0.15, -0.1) is 0 Å². The number of carbonyl (C=O) groups is 1. The molecular weight excluding hydrogens is 286 g/mol. The molecule has 0 radical (unpaired) electrons. The number of hydrogen-bond acceptors (Lipinski definition) is 3. The highest BCUT2D eigenvalue weighted by molar-refractivity contribution is 9.10. The molecule has 94 valence electrons. The smallest absolute Gasteiger partial charge is 0.224 e. The summed E-state index contributed by atoms with van der Waals surface area (Å²) < 4.78 is 0.921. The molecule has 0 saturated carbocycles. The van der Waals surface area contributed by atoms with Crippen LogP contribution in [-0.2, 0) is 11.2 Å². The fraction of sp³-hybridized carbons (Fsp3) is 0.417. The molecule has 0 saturated heterocycles. The van der Waals surface area contributed by atoms with E-state index in [0.29, 0.717) is 0 Å². The number of hydrogen-bond donors (Lipinski definition) is 3. The number of halogens is 1. The van der Waals surface area contributed by atoms with E-state index in [4.69, 9.17) is 5.11 Å². The minimum absolute atomic E-state index is 0.0380. The summed E-state index contributed by atoms with van der Waals surface area (Å²) in [5.41, 5.74) is -0.382. The molecule has 1 aromatic carbocycles. The van der Waals surface area contributed by atoms with Gasteiger partial charge in [-0.2, -0.15) is 0 Å². The third-order valence-corrected chi connectivity index (χ3v) is 2.75. The Hall–Kier alpha value is -0.910. The number of amides is 1. The van der Waals surface area contributed by atoms with E-state index in [-0.39, 0.29) is 25.5 Å². The molecular formula is C12H16BrNO3. The summed E-state index contributed by atoms with van der Waals surface area (Å²) in [6.07, 6.45) is 0.251. The van der Waals surface area contributed by atoms with Gasteiger partial charge in [-0.05, 0) is 24.6 Å². The molecule has 1 rings (SSSR count). The zero-order valence-corrected chi connectivity index (χ0v) is 11.2. The number of aliphatic hydroxyl groups excluding tert-OH is 1. The van der Waals surface area contributed by atoms with E-state index in [0.717, 1.165) is 10.0 Å². The van der Waals surface area contributed by atoms with Gasteiger partial charge in [-0.25, -0.2) is 0 Å². The van der Waals surface area contributed by atoms with Gasteiger partial charge in [0.2, 0.25) is 5.91 Å². The summed E-state index contributed by atoms with van der Waals surface area (Å²) in [4.78, 5) is 11.6. The molecule has 1 amide bonds. The molecule has 0 aliphatic heterocycles. The van der Waals surface area contributed by atoms with E-state index in [1.54, 1.807) is 0 Å². The molecule has 1 atom stereocenters. The lowest BCUT2D eigenvalue weighted by molar-refractivity contribution is -0.121. The van der Waals surface area contributed by atoms with Crippen molar-refractivity contribution in [2.75, 3.05) is 13.2 Å². The van der Waals surface area contributed by atoms with Crippen molar-refractivity contribution in [1.82, 2.24) is 5.32 Å². The molecule has 1 aromatic rings. The lowest BCUT2D eigenvalue weighted by Crippen LogP contribution is -2.43. The van der Waals surface area contributed by atoms with Gasteiger partial charge in [0.15, 0.2) is 0 Å². The van der Waals surface area contributed by atoms with Gasteiger partial charge in [-0.3, -0.25) is 4.79 Å². The van der Waals surface area contributed by atoms with Crippen molar-refractivity contribution in [2.45, 2.75) is 18.9 Å². The minimum atomic E-state index is -1.27. The first-order chi connectivity index (χ1) is 7.93. The molecule has 0 spiro atoms. The van der Waals surface area contributed by atoms with E-state index >= 15 is 0 Å². The first-order valence-corrected chi connectivity index (χ1v) is 6.07. The van der Waals surface area contributed by atoms with Crippen molar-refractivity contribution in [3.8, 4) is 0 Å². The van der Waals surface area contributed by atoms with Crippen LogP contribution in [0.5, 0.6) is 0 Å². The summed E-state index contributed by atoms with van der Waals surface area (Å²) in [5.74, 6) is -0.183. The second-order valence-electron chi connectivity index (χ2n) is 4.24. The topological polar surface area (TPSA) is 69.6 Å². The Balaban J connectivity index is 2.45. The van der Waals surface area contributed by atoms with Gasteiger partial charge in [-0.1, -0.05) is 28.1 Å². The van der Waals surface area contributed by atoms with Crippen LogP contribution in [0.3, 0.4) is 0 Å². The van der Waals surface area contributed by atoms with Crippen molar-refractivity contribution in [1.29, 1.82) is 0 Å².